The van der Waals surface area contributed by atoms with Gasteiger partial charge in [0.05, 0.1) is 29.5 Å². The van der Waals surface area contributed by atoms with Gasteiger partial charge in [-0.15, -0.1) is 5.10 Å². The molecule has 3 aromatic carbocycles. The largest absolute Gasteiger partial charge is 0.483 e. The normalized spacial score (nSPS) is 10.9. The molecule has 36 heavy (non-hydrogen) atoms. The predicted octanol–water partition coefficient (Wildman–Crippen LogP) is 5.46. The van der Waals surface area contributed by atoms with Crippen LogP contribution >= 0.6 is 11.6 Å². The zero-order chi connectivity index (χ0) is 25.1. The second-order valence-electron chi connectivity index (χ2n) is 7.87. The van der Waals surface area contributed by atoms with Crippen molar-refractivity contribution in [1.29, 1.82) is 0 Å². The van der Waals surface area contributed by atoms with E-state index in [1.165, 1.54) is 24.3 Å². The van der Waals surface area contributed by atoms with Crippen LogP contribution in [0.15, 0.2) is 85.2 Å². The molecule has 0 aliphatic rings. The van der Waals surface area contributed by atoms with E-state index >= 15 is 0 Å². The Bertz CT molecular complexity index is 1500. The number of hydrogen-bond donors (Lipinski definition) is 0. The van der Waals surface area contributed by atoms with Crippen molar-refractivity contribution in [2.24, 2.45) is 0 Å². The van der Waals surface area contributed by atoms with Crippen LogP contribution in [0.1, 0.15) is 11.3 Å². The molecule has 0 bridgehead atoms. The molecule has 0 spiro atoms. The van der Waals surface area contributed by atoms with E-state index in [0.29, 0.717) is 34.4 Å². The summed E-state index contributed by atoms with van der Waals surface area (Å²) in [5, 5.41) is 24.1. The molecule has 11 heteroatoms. The maximum Gasteiger partial charge on any atom is 0.269 e. The summed E-state index contributed by atoms with van der Waals surface area (Å²) in [5.41, 5.74) is 3.64. The van der Waals surface area contributed by atoms with E-state index in [0.717, 1.165) is 11.1 Å². The molecular formula is C25H18ClFN6O3. The van der Waals surface area contributed by atoms with E-state index in [1.54, 1.807) is 58.2 Å². The van der Waals surface area contributed by atoms with Gasteiger partial charge in [0, 0.05) is 22.7 Å². The molecule has 0 aliphatic carbocycles. The highest BCUT2D eigenvalue weighted by molar-refractivity contribution is 6.30. The van der Waals surface area contributed by atoms with Crippen LogP contribution in [0.2, 0.25) is 5.02 Å². The number of non-ortho nitro benzene ring substituents is 1. The van der Waals surface area contributed by atoms with Crippen molar-refractivity contribution < 1.29 is 14.1 Å². The molecule has 0 amide bonds. The lowest BCUT2D eigenvalue weighted by atomic mass is 10.1. The van der Waals surface area contributed by atoms with Crippen LogP contribution in [-0.2, 0) is 13.2 Å². The van der Waals surface area contributed by atoms with Gasteiger partial charge in [-0.1, -0.05) is 41.1 Å². The highest BCUT2D eigenvalue weighted by Crippen LogP contribution is 2.33. The van der Waals surface area contributed by atoms with Crippen LogP contribution in [0.3, 0.4) is 0 Å². The first kappa shape index (κ1) is 23.2. The lowest BCUT2D eigenvalue weighted by Gasteiger charge is -2.11. The molecule has 9 nitrogen and oxygen atoms in total. The van der Waals surface area contributed by atoms with Crippen molar-refractivity contribution >= 4 is 17.3 Å². The zero-order valence-corrected chi connectivity index (χ0v) is 19.4. The Morgan fingerprint density at radius 3 is 2.42 bits per heavy atom. The van der Waals surface area contributed by atoms with Gasteiger partial charge in [0.25, 0.3) is 5.69 Å². The average Bonchev–Trinajstić information content (AvgIpc) is 3.51. The quantitative estimate of drug-likeness (QED) is 0.205. The molecule has 2 heterocycles. The summed E-state index contributed by atoms with van der Waals surface area (Å²) in [7, 11) is 0. The van der Waals surface area contributed by atoms with E-state index in [1.807, 2.05) is 12.1 Å². The molecule has 5 aromatic rings. The van der Waals surface area contributed by atoms with Crippen LogP contribution < -0.4 is 4.74 Å². The molecule has 0 saturated carbocycles. The fraction of sp³-hybridized carbons (Fsp3) is 0.0800. The summed E-state index contributed by atoms with van der Waals surface area (Å²) in [6, 6.07) is 19.5. The maximum atomic E-state index is 13.5. The monoisotopic (exact) mass is 504 g/mol. The van der Waals surface area contributed by atoms with E-state index in [9.17, 15) is 14.5 Å². The van der Waals surface area contributed by atoms with Crippen LogP contribution in [-0.4, -0.2) is 29.7 Å². The van der Waals surface area contributed by atoms with Crippen molar-refractivity contribution in [2.45, 2.75) is 13.2 Å². The highest BCUT2D eigenvalue weighted by atomic mass is 35.5. The molecule has 5 rings (SSSR count). The second-order valence-corrected chi connectivity index (χ2v) is 8.31. The Morgan fingerprint density at radius 2 is 1.72 bits per heavy atom. The van der Waals surface area contributed by atoms with Crippen molar-refractivity contribution in [2.75, 3.05) is 0 Å². The van der Waals surface area contributed by atoms with Gasteiger partial charge in [-0.3, -0.25) is 10.1 Å². The summed E-state index contributed by atoms with van der Waals surface area (Å²) >= 11 is 6.07. The fourth-order valence-corrected chi connectivity index (χ4v) is 3.76. The van der Waals surface area contributed by atoms with Gasteiger partial charge in [-0.25, -0.2) is 13.8 Å². The number of nitro groups is 1. The molecule has 2 aromatic heterocycles. The number of halogens is 2. The van der Waals surface area contributed by atoms with Gasteiger partial charge < -0.3 is 4.74 Å². The van der Waals surface area contributed by atoms with E-state index in [4.69, 9.17) is 16.3 Å². The lowest BCUT2D eigenvalue weighted by molar-refractivity contribution is -0.384. The highest BCUT2D eigenvalue weighted by Gasteiger charge is 2.17. The number of nitro benzene ring substituents is 1. The second kappa shape index (κ2) is 9.96. The first-order valence-corrected chi connectivity index (χ1v) is 11.2. The number of ether oxygens (including phenoxy) is 1. The summed E-state index contributed by atoms with van der Waals surface area (Å²) in [4.78, 5) is 10.4. The van der Waals surface area contributed by atoms with Crippen molar-refractivity contribution in [3.05, 3.63) is 117 Å². The third-order valence-corrected chi connectivity index (χ3v) is 5.63. The first-order chi connectivity index (χ1) is 17.5. The number of rotatable bonds is 8. The Kier molecular flexibility index (Phi) is 6.42. The van der Waals surface area contributed by atoms with Gasteiger partial charge >= 0.3 is 0 Å². The fourth-order valence-electron chi connectivity index (χ4n) is 3.63. The Balaban J connectivity index is 1.35. The van der Waals surface area contributed by atoms with Gasteiger partial charge in [-0.05, 0) is 42.0 Å². The number of aromatic nitrogens is 5. The Hall–Kier alpha value is -4.57. The van der Waals surface area contributed by atoms with Crippen LogP contribution in [0, 0.1) is 15.9 Å². The Labute approximate surface area is 209 Å². The number of benzene rings is 3. The summed E-state index contributed by atoms with van der Waals surface area (Å²) in [5.74, 6) is 0.166. The standard InChI is InChI=1S/C25H18ClFN6O3/c26-19-5-3-18(4-6-19)25-24(13-28-32(25)22-11-7-20(27)8-12-22)36-16-21-15-31(30-29-21)14-17-1-9-23(10-2-17)33(34)35/h1-13,15H,14,16H2. The molecule has 0 radical (unpaired) electrons. The SMILES string of the molecule is O=[N+]([O-])c1ccc(Cn2cc(COc3cnn(-c4ccc(F)cc4)c3-c3ccc(Cl)cc3)nn2)cc1. The van der Waals surface area contributed by atoms with E-state index in [2.05, 4.69) is 15.4 Å². The molecular weight excluding hydrogens is 487 g/mol. The van der Waals surface area contributed by atoms with Crippen LogP contribution in [0.25, 0.3) is 16.9 Å². The van der Waals surface area contributed by atoms with E-state index in [-0.39, 0.29) is 18.1 Å². The Morgan fingerprint density at radius 1 is 1.00 bits per heavy atom. The van der Waals surface area contributed by atoms with Crippen molar-refractivity contribution in [1.82, 2.24) is 24.8 Å². The third kappa shape index (κ3) is 5.08. The summed E-state index contributed by atoms with van der Waals surface area (Å²) in [6.07, 6.45) is 3.34. The van der Waals surface area contributed by atoms with Crippen molar-refractivity contribution in [3.8, 4) is 22.7 Å². The maximum absolute atomic E-state index is 13.5. The summed E-state index contributed by atoms with van der Waals surface area (Å²) < 4.78 is 22.8. The first-order valence-electron chi connectivity index (χ1n) is 10.8. The van der Waals surface area contributed by atoms with Gasteiger partial charge in [0.1, 0.15) is 23.8 Å². The minimum Gasteiger partial charge on any atom is -0.483 e. The van der Waals surface area contributed by atoms with Gasteiger partial charge in [-0.2, -0.15) is 5.10 Å². The molecule has 0 unspecified atom stereocenters. The third-order valence-electron chi connectivity index (χ3n) is 5.38. The van der Waals surface area contributed by atoms with Crippen LogP contribution in [0.4, 0.5) is 10.1 Å². The average molecular weight is 505 g/mol. The molecule has 0 atom stereocenters. The summed E-state index contributed by atoms with van der Waals surface area (Å²) in [6.45, 7) is 0.541. The number of nitrogens with zero attached hydrogens (tertiary/aromatic N) is 6. The van der Waals surface area contributed by atoms with Gasteiger partial charge in [0.2, 0.25) is 0 Å². The van der Waals surface area contributed by atoms with E-state index < -0.39 is 4.92 Å². The smallest absolute Gasteiger partial charge is 0.269 e. The molecule has 0 N–H and O–H groups in total. The molecule has 0 saturated heterocycles. The predicted molar refractivity (Wildman–Crippen MR) is 131 cm³/mol. The molecule has 180 valence electrons. The minimum absolute atomic E-state index is 0.0316. The van der Waals surface area contributed by atoms with Gasteiger partial charge in [0.15, 0.2) is 5.75 Å². The zero-order valence-electron chi connectivity index (χ0n) is 18.7. The van der Waals surface area contributed by atoms with Crippen molar-refractivity contribution in [3.63, 3.8) is 0 Å². The molecule has 0 aliphatic heterocycles. The number of hydrogen-bond acceptors (Lipinski definition) is 6. The molecule has 0 fully saturated rings. The lowest BCUT2D eigenvalue weighted by Crippen LogP contribution is -2.01. The minimum atomic E-state index is -0.439. The van der Waals surface area contributed by atoms with Crippen LogP contribution in [0.5, 0.6) is 5.75 Å². The topological polar surface area (TPSA) is 101 Å².